The normalized spacial score (nSPS) is 25.1. The van der Waals surface area contributed by atoms with E-state index < -0.39 is 5.82 Å². The molecular weight excluding hydrogens is 414 g/mol. The van der Waals surface area contributed by atoms with E-state index in [2.05, 4.69) is 6.58 Å². The summed E-state index contributed by atoms with van der Waals surface area (Å²) in [7, 11) is 0. The highest BCUT2D eigenvalue weighted by Gasteiger charge is 2.36. The minimum absolute atomic E-state index is 0.205. The maximum atomic E-state index is 15.2. The smallest absolute Gasteiger partial charge is 0.134 e. The lowest BCUT2D eigenvalue weighted by atomic mass is 9.63. The third-order valence-corrected chi connectivity index (χ3v) is 7.77. The number of hydrogen-bond acceptors (Lipinski definition) is 1. The van der Waals surface area contributed by atoms with E-state index in [-0.39, 0.29) is 11.7 Å². The molecule has 2 saturated carbocycles. The Morgan fingerprint density at radius 3 is 2.55 bits per heavy atom. The molecule has 0 aliphatic heterocycles. The molecule has 0 radical (unpaired) electrons. The van der Waals surface area contributed by atoms with Crippen LogP contribution in [0.25, 0.3) is 11.1 Å². The first-order chi connectivity index (χ1) is 16.1. The van der Waals surface area contributed by atoms with Crippen molar-refractivity contribution in [1.82, 2.24) is 0 Å². The molecule has 2 aliphatic carbocycles. The van der Waals surface area contributed by atoms with Gasteiger partial charge in [-0.3, -0.25) is 0 Å². The molecule has 0 N–H and O–H groups in total. The van der Waals surface area contributed by atoms with Gasteiger partial charge in [-0.25, -0.2) is 8.78 Å². The van der Waals surface area contributed by atoms with Crippen LogP contribution < -0.4 is 4.74 Å². The first-order valence-corrected chi connectivity index (χ1v) is 12.5. The van der Waals surface area contributed by atoms with E-state index in [1.807, 2.05) is 37.3 Å². The van der Waals surface area contributed by atoms with Crippen LogP contribution in [-0.2, 0) is 0 Å². The molecule has 176 valence electrons. The maximum absolute atomic E-state index is 15.2. The van der Waals surface area contributed by atoms with Crippen LogP contribution in [-0.4, -0.2) is 6.61 Å². The SMILES string of the molecule is C=CCCC1CCC2CC(c3ccc(-c4ccc(OC/C=C/C)cc4F)cc3F)CCC2C1. The van der Waals surface area contributed by atoms with E-state index in [0.29, 0.717) is 23.5 Å². The second-order valence-corrected chi connectivity index (χ2v) is 9.83. The molecule has 0 aromatic heterocycles. The highest BCUT2D eigenvalue weighted by molar-refractivity contribution is 5.65. The molecule has 4 unspecified atom stereocenters. The van der Waals surface area contributed by atoms with Crippen LogP contribution in [0.4, 0.5) is 8.78 Å². The molecule has 2 fully saturated rings. The van der Waals surface area contributed by atoms with Crippen LogP contribution in [0.15, 0.2) is 61.2 Å². The molecule has 2 aliphatic rings. The van der Waals surface area contributed by atoms with Crippen molar-refractivity contribution < 1.29 is 13.5 Å². The number of ether oxygens (including phenoxy) is 1. The van der Waals surface area contributed by atoms with Gasteiger partial charge in [0.1, 0.15) is 24.0 Å². The van der Waals surface area contributed by atoms with E-state index in [4.69, 9.17) is 4.74 Å². The highest BCUT2D eigenvalue weighted by Crippen LogP contribution is 2.49. The zero-order valence-electron chi connectivity index (χ0n) is 19.7. The quantitative estimate of drug-likeness (QED) is 0.365. The van der Waals surface area contributed by atoms with Crippen LogP contribution in [0.1, 0.15) is 69.8 Å². The second-order valence-electron chi connectivity index (χ2n) is 9.83. The average Bonchev–Trinajstić information content (AvgIpc) is 2.82. The summed E-state index contributed by atoms with van der Waals surface area (Å²) in [6.07, 6.45) is 15.4. The molecule has 4 atom stereocenters. The fourth-order valence-electron chi connectivity index (χ4n) is 5.97. The number of fused-ring (bicyclic) bond motifs is 1. The monoisotopic (exact) mass is 450 g/mol. The Morgan fingerprint density at radius 2 is 1.79 bits per heavy atom. The molecule has 2 aromatic carbocycles. The van der Waals surface area contributed by atoms with Gasteiger partial charge in [0.05, 0.1) is 0 Å². The Kier molecular flexibility index (Phi) is 8.01. The fourth-order valence-corrected chi connectivity index (χ4v) is 5.97. The van der Waals surface area contributed by atoms with Crippen molar-refractivity contribution in [2.24, 2.45) is 17.8 Å². The summed E-state index contributed by atoms with van der Waals surface area (Å²) in [6.45, 7) is 6.17. The van der Waals surface area contributed by atoms with Crippen molar-refractivity contribution in [1.29, 1.82) is 0 Å². The zero-order chi connectivity index (χ0) is 23.2. The minimum atomic E-state index is -0.395. The third kappa shape index (κ3) is 5.75. The average molecular weight is 451 g/mol. The standard InChI is InChI=1S/C30H36F2O/c1-3-5-7-21-8-9-23-18-24(11-10-22(23)17-21)27-14-12-25(19-29(27)31)28-15-13-26(20-30(28)32)33-16-6-4-2/h3-4,6,12-15,19-24H,1,5,7-11,16-18H2,2H3/b6-4+. The van der Waals surface area contributed by atoms with Crippen molar-refractivity contribution in [3.05, 3.63) is 78.4 Å². The molecule has 0 saturated heterocycles. The number of benzene rings is 2. The lowest BCUT2D eigenvalue weighted by Gasteiger charge is -2.42. The van der Waals surface area contributed by atoms with Crippen LogP contribution in [0, 0.1) is 29.4 Å². The van der Waals surface area contributed by atoms with Crippen molar-refractivity contribution >= 4 is 0 Å². The van der Waals surface area contributed by atoms with Crippen molar-refractivity contribution in [2.45, 2.75) is 64.2 Å². The van der Waals surface area contributed by atoms with Gasteiger partial charge in [-0.1, -0.05) is 36.8 Å². The lowest BCUT2D eigenvalue weighted by molar-refractivity contribution is 0.114. The van der Waals surface area contributed by atoms with E-state index in [1.165, 1.54) is 44.2 Å². The van der Waals surface area contributed by atoms with E-state index >= 15 is 4.39 Å². The summed E-state index contributed by atoms with van der Waals surface area (Å²) >= 11 is 0. The van der Waals surface area contributed by atoms with Crippen LogP contribution >= 0.6 is 0 Å². The summed E-state index contributed by atoms with van der Waals surface area (Å²) in [5.74, 6) is 2.51. The predicted molar refractivity (Wildman–Crippen MR) is 132 cm³/mol. The van der Waals surface area contributed by atoms with E-state index in [9.17, 15) is 4.39 Å². The van der Waals surface area contributed by atoms with E-state index in [1.54, 1.807) is 12.1 Å². The molecule has 33 heavy (non-hydrogen) atoms. The summed E-state index contributed by atoms with van der Waals surface area (Å²) in [6, 6.07) is 10.0. The molecule has 3 heteroatoms. The largest absolute Gasteiger partial charge is 0.489 e. The van der Waals surface area contributed by atoms with Crippen molar-refractivity contribution in [3.63, 3.8) is 0 Å². The molecule has 4 rings (SSSR count). The Morgan fingerprint density at radius 1 is 0.970 bits per heavy atom. The van der Waals surface area contributed by atoms with Gasteiger partial charge in [-0.05, 0) is 105 Å². The minimum Gasteiger partial charge on any atom is -0.489 e. The topological polar surface area (TPSA) is 9.23 Å². The zero-order valence-corrected chi connectivity index (χ0v) is 19.7. The van der Waals surface area contributed by atoms with Gasteiger partial charge in [0, 0.05) is 11.6 Å². The van der Waals surface area contributed by atoms with Gasteiger partial charge in [0.15, 0.2) is 0 Å². The van der Waals surface area contributed by atoms with Gasteiger partial charge in [-0.15, -0.1) is 6.58 Å². The number of hydrogen-bond donors (Lipinski definition) is 0. The summed E-state index contributed by atoms with van der Waals surface area (Å²) in [4.78, 5) is 0. The Bertz CT molecular complexity index is 979. The summed E-state index contributed by atoms with van der Waals surface area (Å²) < 4.78 is 35.4. The lowest BCUT2D eigenvalue weighted by Crippen LogP contribution is -2.30. The molecule has 0 bridgehead atoms. The third-order valence-electron chi connectivity index (χ3n) is 7.77. The van der Waals surface area contributed by atoms with Gasteiger partial charge in [-0.2, -0.15) is 0 Å². The summed E-state index contributed by atoms with van der Waals surface area (Å²) in [5.41, 5.74) is 1.78. The number of rotatable bonds is 8. The molecule has 1 nitrogen and oxygen atoms in total. The fraction of sp³-hybridized carbons (Fsp3) is 0.467. The predicted octanol–water partition coefficient (Wildman–Crippen LogP) is 8.85. The molecule has 0 heterocycles. The Balaban J connectivity index is 1.42. The summed E-state index contributed by atoms with van der Waals surface area (Å²) in [5, 5.41) is 0. The van der Waals surface area contributed by atoms with E-state index in [0.717, 1.165) is 42.6 Å². The van der Waals surface area contributed by atoms with Crippen molar-refractivity contribution in [2.75, 3.05) is 6.61 Å². The van der Waals surface area contributed by atoms with Crippen LogP contribution in [0.3, 0.4) is 0 Å². The first-order valence-electron chi connectivity index (χ1n) is 12.5. The van der Waals surface area contributed by atoms with Crippen molar-refractivity contribution in [3.8, 4) is 16.9 Å². The highest BCUT2D eigenvalue weighted by atomic mass is 19.1. The second kappa shape index (κ2) is 11.1. The molecule has 2 aromatic rings. The van der Waals surface area contributed by atoms with Gasteiger partial charge < -0.3 is 4.74 Å². The van der Waals surface area contributed by atoms with Gasteiger partial charge >= 0.3 is 0 Å². The molecular formula is C30H36F2O. The molecule has 0 spiro atoms. The van der Waals surface area contributed by atoms with Crippen LogP contribution in [0.2, 0.25) is 0 Å². The van der Waals surface area contributed by atoms with Gasteiger partial charge in [0.2, 0.25) is 0 Å². The number of allylic oxidation sites excluding steroid dienone is 2. The van der Waals surface area contributed by atoms with Gasteiger partial charge in [0.25, 0.3) is 0 Å². The Labute approximate surface area is 197 Å². The Hall–Kier alpha value is -2.42. The maximum Gasteiger partial charge on any atom is 0.134 e. The first kappa shape index (κ1) is 23.7. The number of halogens is 2. The molecule has 0 amide bonds. The van der Waals surface area contributed by atoms with Crippen LogP contribution in [0.5, 0.6) is 5.75 Å².